The zero-order valence-corrected chi connectivity index (χ0v) is 65.7. The first kappa shape index (κ1) is 84.5. The summed E-state index contributed by atoms with van der Waals surface area (Å²) in [6.45, 7) is 8.48. The molecule has 110 heavy (non-hydrogen) atoms. The van der Waals surface area contributed by atoms with Gasteiger partial charge in [0.15, 0.2) is 5.78 Å². The Labute approximate surface area is 649 Å². The zero-order chi connectivity index (χ0) is 80.1. The molecule has 4 heterocycles. The van der Waals surface area contributed by atoms with Gasteiger partial charge in [-0.3, -0.25) is 57.2 Å². The Morgan fingerprint density at radius 2 is 1.26 bits per heavy atom. The van der Waals surface area contributed by atoms with E-state index in [1.165, 1.54) is 45.8 Å². The molecule has 35 heteroatoms. The summed E-state index contributed by atoms with van der Waals surface area (Å²) < 4.78 is 60.7. The van der Waals surface area contributed by atoms with Crippen LogP contribution in [0.2, 0.25) is 0 Å². The fraction of sp³-hybridized carbons (Fsp3) is 0.427. The van der Waals surface area contributed by atoms with Crippen molar-refractivity contribution in [3.63, 3.8) is 0 Å². The Morgan fingerprint density at radius 3 is 1.80 bits per heavy atom. The summed E-state index contributed by atoms with van der Waals surface area (Å²) in [6.07, 6.45) is 1.52. The Kier molecular flexibility index (Phi) is 28.4. The average molecular weight is 1620 g/mol. The van der Waals surface area contributed by atoms with Gasteiger partial charge in [-0.2, -0.15) is 8.42 Å². The number of phosphoric ester groups is 1. The highest BCUT2D eigenvalue weighted by Crippen LogP contribution is 2.51. The van der Waals surface area contributed by atoms with Crippen LogP contribution in [0.15, 0.2) is 109 Å². The maximum Gasteiger partial charge on any atom is 0.524 e. The molecule has 8 N–H and O–H groups in total. The molecule has 0 saturated carbocycles. The summed E-state index contributed by atoms with van der Waals surface area (Å²) in [5.74, 6) is -7.78. The molecule has 0 saturated heterocycles. The number of carbonyl (C=O) groups is 11. The number of urea groups is 1. The van der Waals surface area contributed by atoms with E-state index in [9.17, 15) is 75.5 Å². The highest BCUT2D eigenvalue weighted by molar-refractivity contribution is 7.86. The van der Waals surface area contributed by atoms with Crippen LogP contribution in [-0.4, -0.2) is 188 Å². The lowest BCUT2D eigenvalue weighted by Gasteiger charge is -2.27. The van der Waals surface area contributed by atoms with Gasteiger partial charge in [0.1, 0.15) is 29.9 Å². The summed E-state index contributed by atoms with van der Waals surface area (Å²) in [6, 6.07) is 22.6. The molecule has 590 valence electrons. The number of hydrogen-bond donors (Lipinski definition) is 7. The van der Waals surface area contributed by atoms with Gasteiger partial charge in [-0.15, -0.1) is 34.5 Å². The molecular formula is C75H89Cl2N10O20PS2. The van der Waals surface area contributed by atoms with Crippen LogP contribution in [0.3, 0.4) is 0 Å². The molecule has 0 radical (unpaired) electrons. The topological polar surface area (TPSA) is 407 Å². The van der Waals surface area contributed by atoms with Gasteiger partial charge in [-0.25, -0.2) is 18.9 Å². The first-order valence-electron chi connectivity index (χ1n) is 35.5. The molecule has 1 aromatic heterocycles. The van der Waals surface area contributed by atoms with Crippen LogP contribution in [-0.2, 0) is 59.0 Å². The molecular weight excluding hydrogens is 1530 g/mol. The monoisotopic (exact) mass is 1610 g/mol. The van der Waals surface area contributed by atoms with Crippen LogP contribution in [0.1, 0.15) is 127 Å². The third-order valence-electron chi connectivity index (χ3n) is 18.6. The van der Waals surface area contributed by atoms with Gasteiger partial charge >= 0.3 is 26.0 Å². The van der Waals surface area contributed by atoms with E-state index in [1.54, 1.807) is 107 Å². The van der Waals surface area contributed by atoms with Crippen molar-refractivity contribution < 1.29 is 93.7 Å². The number of alkyl halides is 2. The largest absolute Gasteiger partial charge is 0.524 e. The number of phosphoric acid groups is 1. The van der Waals surface area contributed by atoms with E-state index < -0.39 is 125 Å². The number of thiophene rings is 1. The molecule has 0 aliphatic carbocycles. The van der Waals surface area contributed by atoms with Crippen LogP contribution in [0.25, 0.3) is 21.5 Å². The molecule has 0 spiro atoms. The van der Waals surface area contributed by atoms with E-state index in [4.69, 9.17) is 47.1 Å². The molecule has 3 aliphatic heterocycles. The number of anilines is 3. The Hall–Kier alpha value is -9.53. The smallest absolute Gasteiger partial charge is 0.445 e. The van der Waals surface area contributed by atoms with E-state index in [1.807, 2.05) is 12.1 Å². The number of imide groups is 1. The van der Waals surface area contributed by atoms with Gasteiger partial charge in [-0.05, 0) is 88.7 Å². The van der Waals surface area contributed by atoms with Crippen LogP contribution in [0.4, 0.5) is 31.4 Å². The van der Waals surface area contributed by atoms with Crippen molar-refractivity contribution in [2.75, 3.05) is 92.6 Å². The van der Waals surface area contributed by atoms with E-state index in [2.05, 4.69) is 21.3 Å². The number of ether oxygens (including phenoxy) is 2. The van der Waals surface area contributed by atoms with E-state index in [0.717, 1.165) is 34.0 Å². The minimum atomic E-state index is -5.02. The molecule has 11 amide bonds. The number of rotatable bonds is 35. The number of hydrogen-bond acceptors (Lipinski definition) is 19. The highest BCUT2D eigenvalue weighted by Gasteiger charge is 2.41. The number of unbranched alkanes of at least 4 members (excludes halogenated alkanes) is 2. The predicted molar refractivity (Wildman–Crippen MR) is 414 cm³/mol. The third kappa shape index (κ3) is 21.9. The maximum atomic E-state index is 14.7. The van der Waals surface area contributed by atoms with Crippen molar-refractivity contribution >= 4 is 156 Å². The fourth-order valence-electron chi connectivity index (χ4n) is 12.9. The number of primary amides is 1. The normalized spacial score (nSPS) is 15.6. The standard InChI is InChI=1S/C75H89Cl2N10O20PS2/c1-44(2)67(82-69(93)54(42-110(102,103)105-43-75(3,4)5)81-62(89)21-9-8-14-31-85-63(90)28-29-64(85)91)57(88)34-46(16-15-30-79-72(78)96)68(92)80-49-24-22-45(23-25-49)41-104-73(97)83(6)32-33-84(7)74(98)106-58-35-55-65(52-19-12-10-17-50(52)58)47(37-76)39-86(55)70(94)60-26-27-61(109-60)71(95)87-40-48(38-77)66-53-20-13-11-18-51(53)59(36-56(66)87)107-108(99,100)101/h10-13,17-20,22-29,35-36,44,46-48,54,67H,8-9,14-16,21,30-34,37-43H2,1-7H3,(H,80,92)(H,81,89)(H,82,93)(H3,78,79,96)(H2,99,100,101)/t46-,47-,48-,54+,67+/m1/s1. The first-order chi connectivity index (χ1) is 52.0. The SMILES string of the molecule is CC(C)[C@H](NC(=O)[C@H](CS(=O)(=O)OCC(C)(C)C)NC(=O)CCCCCN1C(=O)C=CC1=O)C(=O)C[C@@H](CCCNC(N)=O)C(=O)Nc1ccc(COC(=O)N(C)CCN(C)C(=O)Oc2cc3c(c4ccccc24)[C@H](CCl)CN3C(=O)c2ccc(C(=O)N3C[C@@H](CCl)c4c3cc(OP(=O)(O)O)c3ccccc43)s2)cc1. The Morgan fingerprint density at radius 1 is 0.718 bits per heavy atom. The van der Waals surface area contributed by atoms with Crippen molar-refractivity contribution in [1.82, 2.24) is 30.7 Å². The summed E-state index contributed by atoms with van der Waals surface area (Å²) in [4.78, 5) is 174. The van der Waals surface area contributed by atoms with Gasteiger partial charge in [0.25, 0.3) is 33.7 Å². The number of amides is 11. The molecule has 0 unspecified atom stereocenters. The van der Waals surface area contributed by atoms with Crippen molar-refractivity contribution in [3.8, 4) is 11.5 Å². The first-order valence-corrected chi connectivity index (χ1v) is 40.5. The fourth-order valence-corrected chi connectivity index (χ4v) is 16.0. The van der Waals surface area contributed by atoms with E-state index >= 15 is 0 Å². The number of carbonyl (C=O) groups excluding carboxylic acids is 11. The molecule has 5 atom stereocenters. The number of nitrogens with two attached hydrogens (primary N) is 1. The molecule has 9 rings (SSSR count). The minimum absolute atomic E-state index is 0.00783. The summed E-state index contributed by atoms with van der Waals surface area (Å²) in [7, 11) is -6.52. The third-order valence-corrected chi connectivity index (χ3v) is 22.0. The molecule has 0 bridgehead atoms. The van der Waals surface area contributed by atoms with E-state index in [0.29, 0.717) is 62.6 Å². The van der Waals surface area contributed by atoms with Crippen LogP contribution in [0, 0.1) is 17.3 Å². The second kappa shape index (κ2) is 37.0. The number of Topliss-reactive ketones (excluding diaryl/α,β-unsaturated/α-hetero) is 1. The van der Waals surface area contributed by atoms with Crippen molar-refractivity contribution in [3.05, 3.63) is 136 Å². The molecule has 3 aliphatic rings. The van der Waals surface area contributed by atoms with Gasteiger partial charge < -0.3 is 60.6 Å². The van der Waals surface area contributed by atoms with E-state index in [-0.39, 0.29) is 123 Å². The maximum absolute atomic E-state index is 14.7. The summed E-state index contributed by atoms with van der Waals surface area (Å²) >= 11 is 14.1. The lowest BCUT2D eigenvalue weighted by molar-refractivity contribution is -0.137. The van der Waals surface area contributed by atoms with Crippen LogP contribution in [0.5, 0.6) is 11.5 Å². The highest BCUT2D eigenvalue weighted by atomic mass is 35.5. The van der Waals surface area contributed by atoms with Gasteiger partial charge in [-0.1, -0.05) is 102 Å². The molecule has 6 aromatic rings. The Bertz CT molecular complexity index is 4690. The number of fused-ring (bicyclic) bond motifs is 6. The number of likely N-dealkylation sites (N-methyl/N-ethyl adjacent to an activating group) is 2. The summed E-state index contributed by atoms with van der Waals surface area (Å²) in [5.41, 5.74) is 7.75. The number of nitrogens with one attached hydrogen (secondary N) is 4. The second-order valence-corrected chi connectivity index (χ2v) is 33.2. The van der Waals surface area contributed by atoms with Gasteiger partial charge in [0, 0.05) is 136 Å². The molecule has 5 aromatic carbocycles. The van der Waals surface area contributed by atoms with Gasteiger partial charge in [0.2, 0.25) is 17.7 Å². The van der Waals surface area contributed by atoms with Crippen LogP contribution >= 0.6 is 42.4 Å². The molecule has 0 fully saturated rings. The zero-order valence-electron chi connectivity index (χ0n) is 61.7. The second-order valence-electron chi connectivity index (χ2n) is 28.6. The number of halogens is 2. The average Bonchev–Trinajstić information content (AvgIpc) is 1.58. The van der Waals surface area contributed by atoms with Gasteiger partial charge in [0.05, 0.1) is 33.8 Å². The lowest BCUT2D eigenvalue weighted by Crippen LogP contribution is -2.55. The molecule has 30 nitrogen and oxygen atoms in total. The Balaban J connectivity index is 0.788. The predicted octanol–water partition coefficient (Wildman–Crippen LogP) is 9.66. The number of nitrogens with zero attached hydrogens (tertiary/aromatic N) is 5. The van der Waals surface area contributed by atoms with Crippen LogP contribution < -0.4 is 46.1 Å². The van der Waals surface area contributed by atoms with Crippen molar-refractivity contribution in [2.45, 2.75) is 110 Å². The number of benzene rings is 5. The quantitative estimate of drug-likeness (QED) is 0.00639. The minimum Gasteiger partial charge on any atom is -0.445 e. The lowest BCUT2D eigenvalue weighted by atomic mass is 9.89. The summed E-state index contributed by atoms with van der Waals surface area (Å²) in [5, 5.41) is 12.6. The number of ketones is 1. The van der Waals surface area contributed by atoms with Crippen molar-refractivity contribution in [1.29, 1.82) is 0 Å². The van der Waals surface area contributed by atoms with Crippen molar-refractivity contribution in [2.24, 2.45) is 23.0 Å².